The quantitative estimate of drug-likeness (QED) is 0.409. The highest BCUT2D eigenvalue weighted by molar-refractivity contribution is 6.06. The van der Waals surface area contributed by atoms with E-state index in [1.54, 1.807) is 12.1 Å². The number of urea groups is 1. The molecule has 1 aromatic carbocycles. The minimum absolute atomic E-state index is 0.355. The number of carbonyl (C=O) groups excluding carboxylic acids is 2. The second-order valence-electron chi connectivity index (χ2n) is 7.03. The van der Waals surface area contributed by atoms with Crippen molar-refractivity contribution >= 4 is 11.8 Å². The Kier molecular flexibility index (Phi) is 5.82. The Hall–Kier alpha value is -2.30. The van der Waals surface area contributed by atoms with Crippen molar-refractivity contribution in [2.45, 2.75) is 50.0 Å². The first-order valence-electron chi connectivity index (χ1n) is 9.15. The molecule has 0 saturated carbocycles. The summed E-state index contributed by atoms with van der Waals surface area (Å²) in [6.07, 6.45) is -0.565. The van der Waals surface area contributed by atoms with E-state index in [2.05, 4.69) is 12.2 Å². The van der Waals surface area contributed by atoms with Gasteiger partial charge >= 0.3 is 6.03 Å². The summed E-state index contributed by atoms with van der Waals surface area (Å²) >= 11 is 0. The molecule has 0 aliphatic carbocycles. The lowest BCUT2D eigenvalue weighted by molar-refractivity contribution is -0.0666. The Bertz CT molecular complexity index is 767. The number of ether oxygens (including phenoxy) is 1. The van der Waals surface area contributed by atoms with Gasteiger partial charge in [-0.2, -0.15) is 0 Å². The molecule has 6 N–H and O–H groups in total. The molecule has 0 aromatic heterocycles. The smallest absolute Gasteiger partial charge is 0.325 e. The van der Waals surface area contributed by atoms with Gasteiger partial charge in [0.05, 0.1) is 6.61 Å². The number of ketones is 1. The van der Waals surface area contributed by atoms with Crippen LogP contribution in [0.1, 0.15) is 29.3 Å². The molecule has 9 nitrogen and oxygen atoms in total. The molecule has 28 heavy (non-hydrogen) atoms. The fourth-order valence-corrected chi connectivity index (χ4v) is 3.34. The second kappa shape index (κ2) is 7.98. The zero-order valence-corrected chi connectivity index (χ0v) is 15.5. The van der Waals surface area contributed by atoms with Crippen LogP contribution in [-0.2, 0) is 11.2 Å². The lowest BCUT2D eigenvalue weighted by Crippen LogP contribution is -2.66. The van der Waals surface area contributed by atoms with Gasteiger partial charge in [0.1, 0.15) is 18.3 Å². The van der Waals surface area contributed by atoms with Crippen LogP contribution in [0.25, 0.3) is 0 Å². The summed E-state index contributed by atoms with van der Waals surface area (Å²) in [5, 5.41) is 31.5. The maximum Gasteiger partial charge on any atom is 0.325 e. The van der Waals surface area contributed by atoms with Crippen LogP contribution in [0.3, 0.4) is 0 Å². The Labute approximate surface area is 162 Å². The molecule has 1 saturated heterocycles. The average molecular weight is 391 g/mol. The zero-order chi connectivity index (χ0) is 20.5. The highest BCUT2D eigenvalue weighted by Gasteiger charge is 2.48. The summed E-state index contributed by atoms with van der Waals surface area (Å²) in [6.45, 7) is 1.55. The van der Waals surface area contributed by atoms with Crippen LogP contribution in [0.2, 0.25) is 0 Å². The summed E-state index contributed by atoms with van der Waals surface area (Å²) in [6, 6.07) is 6.26. The Morgan fingerprint density at radius 2 is 1.96 bits per heavy atom. The first kappa shape index (κ1) is 20.4. The molecule has 2 aliphatic rings. The third-order valence-corrected chi connectivity index (χ3v) is 4.97. The van der Waals surface area contributed by atoms with Crippen molar-refractivity contribution in [1.29, 1.82) is 0 Å². The maximum absolute atomic E-state index is 12.8. The zero-order valence-electron chi connectivity index (χ0n) is 15.5. The van der Waals surface area contributed by atoms with Crippen LogP contribution in [-0.4, -0.2) is 68.8 Å². The van der Waals surface area contributed by atoms with Gasteiger partial charge in [-0.25, -0.2) is 4.79 Å². The van der Waals surface area contributed by atoms with E-state index in [-0.39, 0.29) is 0 Å². The largest absolute Gasteiger partial charge is 0.394 e. The molecular formula is C19H25N3O6. The lowest BCUT2D eigenvalue weighted by Gasteiger charge is -2.36. The Morgan fingerprint density at radius 3 is 2.50 bits per heavy atom. The lowest BCUT2D eigenvalue weighted by atomic mass is 9.96. The molecule has 1 fully saturated rings. The van der Waals surface area contributed by atoms with Crippen molar-refractivity contribution in [2.75, 3.05) is 6.61 Å². The van der Waals surface area contributed by atoms with E-state index in [0.717, 1.165) is 23.3 Å². The summed E-state index contributed by atoms with van der Waals surface area (Å²) in [5.41, 5.74) is 5.81. The van der Waals surface area contributed by atoms with Crippen LogP contribution >= 0.6 is 0 Å². The summed E-state index contributed by atoms with van der Waals surface area (Å²) in [7, 11) is 0. The summed E-state index contributed by atoms with van der Waals surface area (Å²) in [4.78, 5) is 26.3. The first-order chi connectivity index (χ1) is 13.3. The van der Waals surface area contributed by atoms with Gasteiger partial charge in [-0.15, -0.1) is 0 Å². The topological polar surface area (TPSA) is 145 Å². The SMILES string of the molecule is CCCc1ccc(C(=O)C2(N)C=CN([C@@H]3O[C@H](CO)[C@@H](O)[C@H]3O)C(=O)N2)cc1. The Morgan fingerprint density at radius 1 is 1.29 bits per heavy atom. The number of hydrogen-bond donors (Lipinski definition) is 5. The highest BCUT2D eigenvalue weighted by atomic mass is 16.6. The predicted molar refractivity (Wildman–Crippen MR) is 99.0 cm³/mol. The number of benzene rings is 1. The number of Topliss-reactive ketones (excluding diaryl/α,β-unsaturated/α-hetero) is 1. The molecular weight excluding hydrogens is 366 g/mol. The van der Waals surface area contributed by atoms with Crippen LogP contribution in [0.5, 0.6) is 0 Å². The van der Waals surface area contributed by atoms with Gasteiger partial charge in [-0.05, 0) is 18.1 Å². The van der Waals surface area contributed by atoms with E-state index in [1.807, 2.05) is 12.1 Å². The normalized spacial score (nSPS) is 32.5. The molecule has 2 amide bonds. The molecule has 0 radical (unpaired) electrons. The predicted octanol–water partition coefficient (Wildman–Crippen LogP) is -0.545. The van der Waals surface area contributed by atoms with Gasteiger partial charge in [0.15, 0.2) is 11.9 Å². The number of rotatable bonds is 6. The molecule has 1 unspecified atom stereocenters. The van der Waals surface area contributed by atoms with E-state index in [0.29, 0.717) is 5.56 Å². The molecule has 5 atom stereocenters. The van der Waals surface area contributed by atoms with Gasteiger partial charge in [-0.1, -0.05) is 37.6 Å². The van der Waals surface area contributed by atoms with Crippen molar-refractivity contribution in [2.24, 2.45) is 5.73 Å². The number of hydrogen-bond acceptors (Lipinski definition) is 7. The van der Waals surface area contributed by atoms with Gasteiger partial charge in [0.25, 0.3) is 0 Å². The molecule has 2 heterocycles. The van der Waals surface area contributed by atoms with Crippen LogP contribution < -0.4 is 11.1 Å². The number of nitrogens with zero attached hydrogens (tertiary/aromatic N) is 1. The van der Waals surface area contributed by atoms with Crippen LogP contribution in [0.4, 0.5) is 4.79 Å². The molecule has 0 spiro atoms. The van der Waals surface area contributed by atoms with Crippen LogP contribution in [0, 0.1) is 0 Å². The second-order valence-corrected chi connectivity index (χ2v) is 7.03. The van der Waals surface area contributed by atoms with Crippen molar-refractivity contribution in [3.8, 4) is 0 Å². The first-order valence-corrected chi connectivity index (χ1v) is 9.15. The fraction of sp³-hybridized carbons (Fsp3) is 0.474. The van der Waals surface area contributed by atoms with Gasteiger partial charge in [0, 0.05) is 11.8 Å². The van der Waals surface area contributed by atoms with Crippen molar-refractivity contribution in [3.05, 3.63) is 47.7 Å². The van der Waals surface area contributed by atoms with Gasteiger partial charge in [-0.3, -0.25) is 15.4 Å². The number of aryl methyl sites for hydroxylation is 1. The minimum Gasteiger partial charge on any atom is -0.394 e. The molecule has 9 heteroatoms. The fourth-order valence-electron chi connectivity index (χ4n) is 3.34. The molecule has 0 bridgehead atoms. The number of carbonyl (C=O) groups is 2. The monoisotopic (exact) mass is 391 g/mol. The molecule has 3 rings (SSSR count). The van der Waals surface area contributed by atoms with E-state index in [1.165, 1.54) is 12.3 Å². The minimum atomic E-state index is -1.75. The number of amides is 2. The highest BCUT2D eigenvalue weighted by Crippen LogP contribution is 2.27. The van der Waals surface area contributed by atoms with E-state index in [9.17, 15) is 24.9 Å². The number of nitrogens with one attached hydrogen (secondary N) is 1. The summed E-state index contributed by atoms with van der Waals surface area (Å²) < 4.78 is 5.33. The molecule has 152 valence electrons. The number of nitrogens with two attached hydrogens (primary N) is 1. The van der Waals surface area contributed by atoms with E-state index < -0.39 is 48.6 Å². The van der Waals surface area contributed by atoms with E-state index >= 15 is 0 Å². The third-order valence-electron chi connectivity index (χ3n) is 4.97. The van der Waals surface area contributed by atoms with E-state index in [4.69, 9.17) is 10.5 Å². The number of aliphatic hydroxyl groups excluding tert-OH is 3. The van der Waals surface area contributed by atoms with Gasteiger partial charge in [0.2, 0.25) is 5.78 Å². The maximum atomic E-state index is 12.8. The molecule has 1 aromatic rings. The van der Waals surface area contributed by atoms with Crippen molar-refractivity contribution in [3.63, 3.8) is 0 Å². The van der Waals surface area contributed by atoms with Crippen LogP contribution in [0.15, 0.2) is 36.5 Å². The average Bonchev–Trinajstić information content (AvgIpc) is 2.96. The standard InChI is InChI=1S/C19H25N3O6/c1-2-3-11-4-6-12(7-5-11)16(26)19(20)8-9-22(18(27)21-19)17-15(25)14(24)13(10-23)28-17/h4-9,13-15,17,23-25H,2-3,10,20H2,1H3,(H,21,27)/t13-,14-,15-,17-,19?/m1/s1. The Balaban J connectivity index is 1.77. The summed E-state index contributed by atoms with van der Waals surface area (Å²) in [5.74, 6) is -0.485. The van der Waals surface area contributed by atoms with Crippen molar-refractivity contribution in [1.82, 2.24) is 10.2 Å². The van der Waals surface area contributed by atoms with Crippen molar-refractivity contribution < 1.29 is 29.6 Å². The third kappa shape index (κ3) is 3.67. The number of aliphatic hydroxyl groups is 3. The molecule has 2 aliphatic heterocycles. The van der Waals surface area contributed by atoms with Gasteiger partial charge < -0.3 is 25.4 Å².